The summed E-state index contributed by atoms with van der Waals surface area (Å²) in [5.41, 5.74) is 2.64. The second-order valence-electron chi connectivity index (χ2n) is 6.25. The SMILES string of the molecule is Cc1cnccc1N=CCC1C(=O)NCCN1C(=O)OCc1ccccc1. The summed E-state index contributed by atoms with van der Waals surface area (Å²) in [5, 5.41) is 2.79. The molecule has 0 aliphatic carbocycles. The summed E-state index contributed by atoms with van der Waals surface area (Å²) in [6, 6.07) is 10.6. The maximum atomic E-state index is 12.5. The molecule has 2 heterocycles. The van der Waals surface area contributed by atoms with Crippen molar-refractivity contribution >= 4 is 23.9 Å². The molecule has 0 bridgehead atoms. The Bertz CT molecular complexity index is 823. The first-order valence-electron chi connectivity index (χ1n) is 8.83. The van der Waals surface area contributed by atoms with Gasteiger partial charge >= 0.3 is 6.09 Å². The maximum Gasteiger partial charge on any atom is 0.410 e. The molecule has 3 rings (SSSR count). The molecular weight excluding hydrogens is 344 g/mol. The van der Waals surface area contributed by atoms with Crippen molar-refractivity contribution in [2.75, 3.05) is 13.1 Å². The molecule has 0 saturated carbocycles. The Morgan fingerprint density at radius 1 is 1.37 bits per heavy atom. The molecule has 1 aromatic heterocycles. The van der Waals surface area contributed by atoms with E-state index in [4.69, 9.17) is 4.74 Å². The summed E-state index contributed by atoms with van der Waals surface area (Å²) in [6.45, 7) is 2.91. The molecule has 1 atom stereocenters. The van der Waals surface area contributed by atoms with Crippen molar-refractivity contribution in [1.29, 1.82) is 0 Å². The Morgan fingerprint density at radius 3 is 2.96 bits per heavy atom. The van der Waals surface area contributed by atoms with Crippen molar-refractivity contribution in [2.45, 2.75) is 26.0 Å². The number of aliphatic imine (C=N–C) groups is 1. The van der Waals surface area contributed by atoms with E-state index in [1.165, 1.54) is 4.90 Å². The number of piperazine rings is 1. The first-order chi connectivity index (χ1) is 13.1. The topological polar surface area (TPSA) is 83.9 Å². The number of nitrogens with one attached hydrogen (secondary N) is 1. The highest BCUT2D eigenvalue weighted by molar-refractivity contribution is 5.89. The van der Waals surface area contributed by atoms with E-state index in [2.05, 4.69) is 15.3 Å². The van der Waals surface area contributed by atoms with E-state index in [0.717, 1.165) is 16.8 Å². The van der Waals surface area contributed by atoms with Gasteiger partial charge in [-0.15, -0.1) is 0 Å². The third-order valence-electron chi connectivity index (χ3n) is 4.32. The van der Waals surface area contributed by atoms with Gasteiger partial charge in [0.1, 0.15) is 12.6 Å². The van der Waals surface area contributed by atoms with Crippen LogP contribution in [0.4, 0.5) is 10.5 Å². The largest absolute Gasteiger partial charge is 0.445 e. The number of hydrogen-bond acceptors (Lipinski definition) is 5. The number of amides is 2. The first kappa shape index (κ1) is 18.6. The van der Waals surface area contributed by atoms with Gasteiger partial charge < -0.3 is 10.1 Å². The predicted molar refractivity (Wildman–Crippen MR) is 102 cm³/mol. The Labute approximate surface area is 158 Å². The number of nitrogens with zero attached hydrogens (tertiary/aromatic N) is 3. The zero-order valence-corrected chi connectivity index (χ0v) is 15.2. The standard InChI is InChI=1S/C20H22N4O3/c1-15-13-21-9-7-17(15)22-10-8-18-19(25)23-11-12-24(18)20(26)27-14-16-5-3-2-4-6-16/h2-7,9-10,13,18H,8,11-12,14H2,1H3,(H,23,25). The normalized spacial score (nSPS) is 17.0. The number of aromatic nitrogens is 1. The van der Waals surface area contributed by atoms with Gasteiger partial charge in [0.25, 0.3) is 0 Å². The van der Waals surface area contributed by atoms with Gasteiger partial charge in [0.15, 0.2) is 0 Å². The summed E-state index contributed by atoms with van der Waals surface area (Å²) in [5.74, 6) is -0.198. The second kappa shape index (κ2) is 8.93. The first-order valence-corrected chi connectivity index (χ1v) is 8.83. The van der Waals surface area contributed by atoms with E-state index in [9.17, 15) is 9.59 Å². The molecule has 1 fully saturated rings. The van der Waals surface area contributed by atoms with Crippen LogP contribution in [-0.2, 0) is 16.1 Å². The lowest BCUT2D eigenvalue weighted by Crippen LogP contribution is -2.57. The number of rotatable bonds is 5. The summed E-state index contributed by atoms with van der Waals surface area (Å²) in [6.07, 6.45) is 4.88. The highest BCUT2D eigenvalue weighted by Crippen LogP contribution is 2.16. The lowest BCUT2D eigenvalue weighted by Gasteiger charge is -2.33. The molecule has 0 radical (unpaired) electrons. The Hall–Kier alpha value is -3.22. The average Bonchev–Trinajstić information content (AvgIpc) is 2.69. The Balaban J connectivity index is 1.63. The number of aryl methyl sites for hydroxylation is 1. The van der Waals surface area contributed by atoms with Gasteiger partial charge in [-0.2, -0.15) is 0 Å². The number of carbonyl (C=O) groups is 2. The van der Waals surface area contributed by atoms with Gasteiger partial charge in [0.05, 0.1) is 5.69 Å². The minimum atomic E-state index is -0.632. The number of carbonyl (C=O) groups excluding carboxylic acids is 2. The minimum absolute atomic E-state index is 0.175. The molecule has 1 aliphatic rings. The van der Waals surface area contributed by atoms with Crippen molar-refractivity contribution < 1.29 is 14.3 Å². The zero-order chi connectivity index (χ0) is 19.1. The zero-order valence-electron chi connectivity index (χ0n) is 15.2. The van der Waals surface area contributed by atoms with Crippen molar-refractivity contribution in [3.05, 3.63) is 59.9 Å². The molecule has 0 spiro atoms. The quantitative estimate of drug-likeness (QED) is 0.825. The molecule has 1 aliphatic heterocycles. The molecular formula is C20H22N4O3. The molecule has 2 aromatic rings. The minimum Gasteiger partial charge on any atom is -0.445 e. The molecule has 1 unspecified atom stereocenters. The Kier molecular flexibility index (Phi) is 6.14. The summed E-state index contributed by atoms with van der Waals surface area (Å²) < 4.78 is 5.38. The van der Waals surface area contributed by atoms with Crippen LogP contribution < -0.4 is 5.32 Å². The lowest BCUT2D eigenvalue weighted by atomic mass is 10.1. The third-order valence-corrected chi connectivity index (χ3v) is 4.32. The third kappa shape index (κ3) is 4.91. The van der Waals surface area contributed by atoms with Crippen LogP contribution in [0.3, 0.4) is 0 Å². The molecule has 7 nitrogen and oxygen atoms in total. The lowest BCUT2D eigenvalue weighted by molar-refractivity contribution is -0.128. The van der Waals surface area contributed by atoms with Gasteiger partial charge in [-0.05, 0) is 24.1 Å². The molecule has 2 amide bonds. The van der Waals surface area contributed by atoms with Crippen LogP contribution in [0.5, 0.6) is 0 Å². The monoisotopic (exact) mass is 366 g/mol. The highest BCUT2D eigenvalue weighted by atomic mass is 16.6. The van der Waals surface area contributed by atoms with Crippen LogP contribution in [0.25, 0.3) is 0 Å². The number of pyridine rings is 1. The Morgan fingerprint density at radius 2 is 2.19 bits per heavy atom. The fourth-order valence-electron chi connectivity index (χ4n) is 2.83. The van der Waals surface area contributed by atoms with Gasteiger partial charge in [-0.25, -0.2) is 4.79 Å². The summed E-state index contributed by atoms with van der Waals surface area (Å²) in [4.78, 5) is 34.6. The highest BCUT2D eigenvalue weighted by Gasteiger charge is 2.33. The van der Waals surface area contributed by atoms with Gasteiger partial charge in [-0.1, -0.05) is 30.3 Å². The van der Waals surface area contributed by atoms with Crippen LogP contribution in [0, 0.1) is 6.92 Å². The van der Waals surface area contributed by atoms with E-state index in [-0.39, 0.29) is 12.5 Å². The van der Waals surface area contributed by atoms with Crippen LogP contribution in [0.1, 0.15) is 17.5 Å². The van der Waals surface area contributed by atoms with Crippen molar-refractivity contribution in [3.8, 4) is 0 Å². The molecule has 1 saturated heterocycles. The van der Waals surface area contributed by atoms with Gasteiger partial charge in [0, 0.05) is 38.1 Å². The molecule has 140 valence electrons. The molecule has 7 heteroatoms. The van der Waals surface area contributed by atoms with E-state index < -0.39 is 12.1 Å². The number of benzene rings is 1. The van der Waals surface area contributed by atoms with Crippen LogP contribution in [0.2, 0.25) is 0 Å². The van der Waals surface area contributed by atoms with Crippen LogP contribution in [0.15, 0.2) is 53.8 Å². The van der Waals surface area contributed by atoms with E-state index >= 15 is 0 Å². The molecule has 1 aromatic carbocycles. The predicted octanol–water partition coefficient (Wildman–Crippen LogP) is 2.62. The van der Waals surface area contributed by atoms with Crippen molar-refractivity contribution in [2.24, 2.45) is 4.99 Å². The van der Waals surface area contributed by atoms with Gasteiger partial charge in [0.2, 0.25) is 5.91 Å². The fourth-order valence-corrected chi connectivity index (χ4v) is 2.83. The van der Waals surface area contributed by atoms with Gasteiger partial charge in [-0.3, -0.25) is 19.7 Å². The second-order valence-corrected chi connectivity index (χ2v) is 6.25. The van der Waals surface area contributed by atoms with Crippen molar-refractivity contribution in [1.82, 2.24) is 15.2 Å². The van der Waals surface area contributed by atoms with Crippen molar-refractivity contribution in [3.63, 3.8) is 0 Å². The fraction of sp³-hybridized carbons (Fsp3) is 0.300. The van der Waals surface area contributed by atoms with E-state index in [1.807, 2.05) is 37.3 Å². The van der Waals surface area contributed by atoms with Crippen LogP contribution >= 0.6 is 0 Å². The maximum absolute atomic E-state index is 12.5. The van der Waals surface area contributed by atoms with Crippen LogP contribution in [-0.4, -0.2) is 47.2 Å². The van der Waals surface area contributed by atoms with E-state index in [1.54, 1.807) is 24.7 Å². The molecule has 27 heavy (non-hydrogen) atoms. The smallest absolute Gasteiger partial charge is 0.410 e. The summed E-state index contributed by atoms with van der Waals surface area (Å²) in [7, 11) is 0. The summed E-state index contributed by atoms with van der Waals surface area (Å²) >= 11 is 0. The van der Waals surface area contributed by atoms with E-state index in [0.29, 0.717) is 19.5 Å². The number of ether oxygens (including phenoxy) is 1. The average molecular weight is 366 g/mol. The number of hydrogen-bond donors (Lipinski definition) is 1. The molecule has 1 N–H and O–H groups in total.